The van der Waals surface area contributed by atoms with Gasteiger partial charge in [0.1, 0.15) is 0 Å². The van der Waals surface area contributed by atoms with E-state index in [1.165, 1.54) is 24.1 Å². The van der Waals surface area contributed by atoms with Crippen molar-refractivity contribution in [2.45, 2.75) is 25.7 Å². The van der Waals surface area contributed by atoms with Crippen molar-refractivity contribution in [3.63, 3.8) is 0 Å². The van der Waals surface area contributed by atoms with Crippen molar-refractivity contribution in [2.24, 2.45) is 0 Å². The minimum absolute atomic E-state index is 0.0492. The van der Waals surface area contributed by atoms with Crippen molar-refractivity contribution >= 4 is 11.9 Å². The molecule has 2 aromatic rings. The fraction of sp³-hybridized carbons (Fsp3) is 0.235. The molecule has 0 saturated carbocycles. The second-order valence-electron chi connectivity index (χ2n) is 5.00. The van der Waals surface area contributed by atoms with Crippen molar-refractivity contribution in [3.05, 3.63) is 65.0 Å². The zero-order chi connectivity index (χ0) is 13.1. The van der Waals surface area contributed by atoms with E-state index < -0.39 is 0 Å². The summed E-state index contributed by atoms with van der Waals surface area (Å²) < 4.78 is 0. The van der Waals surface area contributed by atoms with Crippen molar-refractivity contribution in [1.29, 1.82) is 0 Å². The van der Waals surface area contributed by atoms with E-state index in [1.807, 2.05) is 36.4 Å². The summed E-state index contributed by atoms with van der Waals surface area (Å²) in [6, 6.07) is 11.5. The second kappa shape index (κ2) is 5.27. The number of benzene rings is 1. The number of rotatable bonds is 3. The summed E-state index contributed by atoms with van der Waals surface area (Å²) in [5.41, 5.74) is 4.53. The maximum atomic E-state index is 12.0. The van der Waals surface area contributed by atoms with E-state index in [2.05, 4.69) is 11.1 Å². The summed E-state index contributed by atoms with van der Waals surface area (Å²) in [6.45, 7) is 0. The molecule has 0 atom stereocenters. The number of hydrogen-bond acceptors (Lipinski definition) is 1. The highest BCUT2D eigenvalue weighted by Gasteiger charge is 2.11. The van der Waals surface area contributed by atoms with Crippen LogP contribution in [0.4, 0.5) is 0 Å². The minimum atomic E-state index is 0.0492. The molecule has 1 N–H and O–H groups in total. The Kier molecular flexibility index (Phi) is 3.32. The summed E-state index contributed by atoms with van der Waals surface area (Å²) in [5.74, 6) is 0.0492. The van der Waals surface area contributed by atoms with Crippen molar-refractivity contribution < 1.29 is 4.79 Å². The Morgan fingerprint density at radius 3 is 2.68 bits per heavy atom. The van der Waals surface area contributed by atoms with Crippen LogP contribution in [-0.2, 0) is 12.8 Å². The largest absolute Gasteiger partial charge is 0.359 e. The molecule has 0 radical (unpaired) electrons. The highest BCUT2D eigenvalue weighted by atomic mass is 16.1. The molecule has 0 saturated heterocycles. The van der Waals surface area contributed by atoms with E-state index in [1.54, 1.807) is 6.08 Å². The molecular formula is C17H17NO. The Labute approximate surface area is 113 Å². The Balaban J connectivity index is 1.76. The Bertz CT molecular complexity index is 584. The third-order valence-electron chi connectivity index (χ3n) is 3.61. The molecule has 0 aliphatic heterocycles. The molecule has 3 rings (SSSR count). The summed E-state index contributed by atoms with van der Waals surface area (Å²) >= 11 is 0. The summed E-state index contributed by atoms with van der Waals surface area (Å²) in [7, 11) is 0. The number of H-pyrrole nitrogens is 1. The van der Waals surface area contributed by atoms with Gasteiger partial charge in [0.05, 0.1) is 0 Å². The van der Waals surface area contributed by atoms with Crippen LogP contribution in [0.15, 0.2) is 42.5 Å². The van der Waals surface area contributed by atoms with E-state index in [-0.39, 0.29) is 5.78 Å². The highest BCUT2D eigenvalue weighted by molar-refractivity contribution is 6.06. The number of aromatic nitrogens is 1. The fourth-order valence-corrected chi connectivity index (χ4v) is 2.58. The number of hydrogen-bond donors (Lipinski definition) is 1. The molecule has 0 fully saturated rings. The number of fused-ring (bicyclic) bond motifs is 1. The van der Waals surface area contributed by atoms with E-state index in [9.17, 15) is 4.79 Å². The minimum Gasteiger partial charge on any atom is -0.359 e. The van der Waals surface area contributed by atoms with E-state index in [0.29, 0.717) is 0 Å². The standard InChI is InChI=1S/C17H17NO/c19-17(13-6-2-1-3-7-13)11-10-15-12-14-8-4-5-9-16(14)18-15/h1-3,6-7,10-12,18H,4-5,8-9H2/b11-10-. The van der Waals surface area contributed by atoms with Crippen LogP contribution < -0.4 is 0 Å². The SMILES string of the molecule is O=C(/C=C\c1cc2c([nH]1)CCCC2)c1ccccc1. The zero-order valence-electron chi connectivity index (χ0n) is 10.9. The molecule has 19 heavy (non-hydrogen) atoms. The predicted octanol–water partition coefficient (Wildman–Crippen LogP) is 3.79. The average Bonchev–Trinajstić information content (AvgIpc) is 2.88. The van der Waals surface area contributed by atoms with Crippen LogP contribution >= 0.6 is 0 Å². The lowest BCUT2D eigenvalue weighted by molar-refractivity contribution is 0.104. The van der Waals surface area contributed by atoms with Crippen LogP contribution in [0.2, 0.25) is 0 Å². The quantitative estimate of drug-likeness (QED) is 0.653. The molecule has 0 amide bonds. The van der Waals surface area contributed by atoms with E-state index >= 15 is 0 Å². The van der Waals surface area contributed by atoms with Gasteiger partial charge >= 0.3 is 0 Å². The van der Waals surface area contributed by atoms with Gasteiger partial charge in [-0.25, -0.2) is 0 Å². The first-order chi connectivity index (χ1) is 9.33. The Morgan fingerprint density at radius 1 is 1.11 bits per heavy atom. The molecule has 2 nitrogen and oxygen atoms in total. The third kappa shape index (κ3) is 2.68. The first kappa shape index (κ1) is 12.0. The van der Waals surface area contributed by atoms with Crippen LogP contribution in [0.3, 0.4) is 0 Å². The van der Waals surface area contributed by atoms with Crippen LogP contribution in [0.25, 0.3) is 6.08 Å². The normalized spacial score (nSPS) is 14.5. The fourth-order valence-electron chi connectivity index (χ4n) is 2.58. The van der Waals surface area contributed by atoms with Gasteiger partial charge in [0.25, 0.3) is 0 Å². The highest BCUT2D eigenvalue weighted by Crippen LogP contribution is 2.22. The summed E-state index contributed by atoms with van der Waals surface area (Å²) in [5, 5.41) is 0. The molecule has 0 unspecified atom stereocenters. The van der Waals surface area contributed by atoms with Gasteiger partial charge in [0.15, 0.2) is 5.78 Å². The molecule has 1 aliphatic rings. The predicted molar refractivity (Wildman–Crippen MR) is 77.2 cm³/mol. The van der Waals surface area contributed by atoms with Gasteiger partial charge in [-0.3, -0.25) is 4.79 Å². The first-order valence-electron chi connectivity index (χ1n) is 6.81. The monoisotopic (exact) mass is 251 g/mol. The van der Waals surface area contributed by atoms with Crippen LogP contribution in [0, 0.1) is 0 Å². The lowest BCUT2D eigenvalue weighted by Gasteiger charge is -2.08. The van der Waals surface area contributed by atoms with Gasteiger partial charge in [-0.2, -0.15) is 0 Å². The van der Waals surface area contributed by atoms with Gasteiger partial charge in [-0.1, -0.05) is 30.3 Å². The average molecular weight is 251 g/mol. The molecule has 96 valence electrons. The maximum absolute atomic E-state index is 12.0. The number of aryl methyl sites for hydroxylation is 2. The zero-order valence-corrected chi connectivity index (χ0v) is 10.9. The van der Waals surface area contributed by atoms with E-state index in [4.69, 9.17) is 0 Å². The summed E-state index contributed by atoms with van der Waals surface area (Å²) in [6.07, 6.45) is 8.36. The molecule has 0 spiro atoms. The first-order valence-corrected chi connectivity index (χ1v) is 6.81. The van der Waals surface area contributed by atoms with Gasteiger partial charge in [0.2, 0.25) is 0 Å². The Morgan fingerprint density at radius 2 is 1.89 bits per heavy atom. The molecule has 1 aromatic heterocycles. The van der Waals surface area contributed by atoms with Gasteiger partial charge in [-0.15, -0.1) is 0 Å². The third-order valence-corrected chi connectivity index (χ3v) is 3.61. The lowest BCUT2D eigenvalue weighted by Crippen LogP contribution is -1.99. The number of aromatic amines is 1. The van der Waals surface area contributed by atoms with Crippen molar-refractivity contribution in [2.75, 3.05) is 0 Å². The van der Waals surface area contributed by atoms with Crippen LogP contribution in [0.1, 0.15) is 40.2 Å². The number of carbonyl (C=O) groups excluding carboxylic acids is 1. The molecule has 2 heteroatoms. The maximum Gasteiger partial charge on any atom is 0.185 e. The van der Waals surface area contributed by atoms with Crippen LogP contribution in [-0.4, -0.2) is 10.8 Å². The Hall–Kier alpha value is -2.09. The summed E-state index contributed by atoms with van der Waals surface area (Å²) in [4.78, 5) is 15.4. The van der Waals surface area contributed by atoms with E-state index in [0.717, 1.165) is 24.1 Å². The van der Waals surface area contributed by atoms with Crippen molar-refractivity contribution in [1.82, 2.24) is 4.98 Å². The number of ketones is 1. The topological polar surface area (TPSA) is 32.9 Å². The van der Waals surface area contributed by atoms with Crippen molar-refractivity contribution in [3.8, 4) is 0 Å². The number of carbonyl (C=O) groups is 1. The molecule has 1 aromatic carbocycles. The number of nitrogens with one attached hydrogen (secondary N) is 1. The van der Waals surface area contributed by atoms with Gasteiger partial charge < -0.3 is 4.98 Å². The molecule has 1 aliphatic carbocycles. The van der Waals surface area contributed by atoms with Gasteiger partial charge in [0, 0.05) is 17.0 Å². The second-order valence-corrected chi connectivity index (χ2v) is 5.00. The smallest absolute Gasteiger partial charge is 0.185 e. The lowest BCUT2D eigenvalue weighted by atomic mass is 9.98. The molecule has 1 heterocycles. The van der Waals surface area contributed by atoms with Gasteiger partial charge in [-0.05, 0) is 49.5 Å². The number of allylic oxidation sites excluding steroid dienone is 1. The molecular weight excluding hydrogens is 234 g/mol. The van der Waals surface area contributed by atoms with Crippen LogP contribution in [0.5, 0.6) is 0 Å². The molecule has 0 bridgehead atoms.